The number of allylic oxidation sites excluding steroid dienone is 2. The number of fused-ring (bicyclic) bond motifs is 6. The summed E-state index contributed by atoms with van der Waals surface area (Å²) < 4.78 is 4.71. The molecule has 236 valence electrons. The molecule has 4 aromatic heterocycles. The molecule has 0 spiro atoms. The highest BCUT2D eigenvalue weighted by atomic mass is 15.0. The van der Waals surface area contributed by atoms with Crippen LogP contribution in [-0.2, 0) is 0 Å². The van der Waals surface area contributed by atoms with Crippen LogP contribution in [-0.4, -0.2) is 25.6 Å². The molecule has 1 aliphatic rings. The lowest BCUT2D eigenvalue weighted by Crippen LogP contribution is -2.01. The Hall–Kier alpha value is -6.72. The van der Waals surface area contributed by atoms with Gasteiger partial charge in [0, 0.05) is 33.4 Å². The Bertz CT molecular complexity index is 2800. The summed E-state index contributed by atoms with van der Waals surface area (Å²) in [6.07, 6.45) is 7.95. The molecule has 1 aliphatic heterocycles. The summed E-state index contributed by atoms with van der Waals surface area (Å²) in [6, 6.07) is 51.9. The van der Waals surface area contributed by atoms with Crippen LogP contribution in [0.15, 0.2) is 170 Å². The normalized spacial score (nSPS) is 12.9. The highest BCUT2D eigenvalue weighted by molar-refractivity contribution is 6.12. The van der Waals surface area contributed by atoms with E-state index in [0.29, 0.717) is 6.54 Å². The number of hydrogen-bond acceptors (Lipinski definition) is 2. The highest BCUT2D eigenvalue weighted by Gasteiger charge is 2.17. The number of para-hydroxylation sites is 3. The van der Waals surface area contributed by atoms with E-state index in [1.807, 2.05) is 30.5 Å². The fourth-order valence-electron chi connectivity index (χ4n) is 7.45. The summed E-state index contributed by atoms with van der Waals surface area (Å²) in [4.78, 5) is 9.69. The molecule has 0 radical (unpaired) electrons. The van der Waals surface area contributed by atoms with Crippen LogP contribution >= 0.6 is 0 Å². The van der Waals surface area contributed by atoms with Gasteiger partial charge in [0.15, 0.2) is 0 Å². The fourth-order valence-corrected chi connectivity index (χ4v) is 7.45. The monoisotopic (exact) mass is 640 g/mol. The Kier molecular flexibility index (Phi) is 6.49. The van der Waals surface area contributed by atoms with Crippen LogP contribution in [0.3, 0.4) is 0 Å². The highest BCUT2D eigenvalue weighted by Crippen LogP contribution is 2.39. The quantitative estimate of drug-likeness (QED) is 0.188. The third-order valence-corrected chi connectivity index (χ3v) is 9.71. The molecule has 50 heavy (non-hydrogen) atoms. The lowest BCUT2D eigenvalue weighted by molar-refractivity contribution is 1.13. The van der Waals surface area contributed by atoms with Crippen LogP contribution in [0.2, 0.25) is 0 Å². The molecule has 5 heterocycles. The molecule has 5 nitrogen and oxygen atoms in total. The smallest absolute Gasteiger partial charge is 0.0913 e. The molecule has 0 atom stereocenters. The zero-order valence-electron chi connectivity index (χ0n) is 27.1. The van der Waals surface area contributed by atoms with E-state index >= 15 is 0 Å². The van der Waals surface area contributed by atoms with E-state index in [2.05, 4.69) is 154 Å². The van der Waals surface area contributed by atoms with Crippen molar-refractivity contribution >= 4 is 49.3 Å². The van der Waals surface area contributed by atoms with Crippen LogP contribution in [0.4, 0.5) is 0 Å². The standard InChI is InChI=1S/C45H30N5/c1-2-12-32(13-3-1)49-42-18-6-4-14-34(42)36-26-30(20-22-44(36)49)31-21-23-45-37(27-31)35-15-5-7-19-43(35)50(45)33-28-40(38-16-8-10-24-46-38)48-41(29-33)39-17-9-11-25-47-39/h1-24,26-29H,25H2/q-1. The van der Waals surface area contributed by atoms with Crippen molar-refractivity contribution in [3.05, 3.63) is 181 Å². The summed E-state index contributed by atoms with van der Waals surface area (Å²) in [5.74, 6) is 0. The lowest BCUT2D eigenvalue weighted by atomic mass is 10.0. The van der Waals surface area contributed by atoms with Crippen molar-refractivity contribution in [3.8, 4) is 33.9 Å². The van der Waals surface area contributed by atoms with E-state index in [4.69, 9.17) is 10.3 Å². The molecule has 0 saturated carbocycles. The van der Waals surface area contributed by atoms with Gasteiger partial charge in [-0.15, -0.1) is 18.3 Å². The van der Waals surface area contributed by atoms with E-state index in [9.17, 15) is 0 Å². The van der Waals surface area contributed by atoms with Crippen molar-refractivity contribution in [2.75, 3.05) is 6.54 Å². The molecular weight excluding hydrogens is 611 g/mol. The first kappa shape index (κ1) is 28.3. The molecule has 0 aliphatic carbocycles. The van der Waals surface area contributed by atoms with E-state index in [1.54, 1.807) is 0 Å². The van der Waals surface area contributed by atoms with Crippen LogP contribution in [0.5, 0.6) is 0 Å². The molecule has 0 bridgehead atoms. The lowest BCUT2D eigenvalue weighted by Gasteiger charge is -2.26. The Morgan fingerprint density at radius 2 is 1.08 bits per heavy atom. The van der Waals surface area contributed by atoms with Gasteiger partial charge in [-0.25, -0.2) is 4.98 Å². The molecule has 0 amide bonds. The molecule has 0 unspecified atom stereocenters. The fraction of sp³-hybridized carbons (Fsp3) is 0.0222. The summed E-state index contributed by atoms with van der Waals surface area (Å²) >= 11 is 0. The maximum atomic E-state index is 5.05. The van der Waals surface area contributed by atoms with Gasteiger partial charge in [-0.05, 0) is 83.9 Å². The van der Waals surface area contributed by atoms with E-state index in [-0.39, 0.29) is 0 Å². The maximum Gasteiger partial charge on any atom is 0.0913 e. The first-order chi connectivity index (χ1) is 24.8. The third-order valence-electron chi connectivity index (χ3n) is 9.71. The first-order valence-electron chi connectivity index (χ1n) is 16.9. The summed E-state index contributed by atoms with van der Waals surface area (Å²) in [5.41, 5.74) is 12.6. The van der Waals surface area contributed by atoms with Crippen molar-refractivity contribution in [1.82, 2.24) is 19.1 Å². The summed E-state index contributed by atoms with van der Waals surface area (Å²) in [6.45, 7) is 0.646. The molecule has 5 aromatic carbocycles. The zero-order chi connectivity index (χ0) is 33.0. The van der Waals surface area contributed by atoms with E-state index in [0.717, 1.165) is 45.2 Å². The number of hydrogen-bond donors (Lipinski definition) is 0. The number of rotatable bonds is 5. The topological polar surface area (TPSA) is 49.7 Å². The molecule has 0 saturated heterocycles. The second-order valence-electron chi connectivity index (χ2n) is 12.6. The van der Waals surface area contributed by atoms with Gasteiger partial charge in [-0.1, -0.05) is 84.9 Å². The molecule has 0 N–H and O–H groups in total. The van der Waals surface area contributed by atoms with Crippen LogP contribution in [0.25, 0.3) is 88.5 Å². The number of pyridine rings is 2. The maximum absolute atomic E-state index is 5.05. The average Bonchev–Trinajstić information content (AvgIpc) is 3.71. The van der Waals surface area contributed by atoms with E-state index < -0.39 is 0 Å². The minimum Gasteiger partial charge on any atom is -0.679 e. The first-order valence-corrected chi connectivity index (χ1v) is 16.9. The van der Waals surface area contributed by atoms with Gasteiger partial charge in [-0.3, -0.25) is 4.98 Å². The molecule has 5 heteroatoms. The van der Waals surface area contributed by atoms with Gasteiger partial charge in [-0.2, -0.15) is 0 Å². The second kappa shape index (κ2) is 11.5. The molecule has 0 fully saturated rings. The largest absolute Gasteiger partial charge is 0.679 e. The van der Waals surface area contributed by atoms with Crippen molar-refractivity contribution in [3.63, 3.8) is 0 Å². The van der Waals surface area contributed by atoms with Gasteiger partial charge in [0.25, 0.3) is 0 Å². The zero-order valence-corrected chi connectivity index (χ0v) is 27.1. The predicted molar refractivity (Wildman–Crippen MR) is 207 cm³/mol. The van der Waals surface area contributed by atoms with Gasteiger partial charge < -0.3 is 14.5 Å². The van der Waals surface area contributed by atoms with Gasteiger partial charge in [0.05, 0.1) is 44.8 Å². The van der Waals surface area contributed by atoms with Crippen LogP contribution in [0, 0.1) is 0 Å². The van der Waals surface area contributed by atoms with Crippen molar-refractivity contribution < 1.29 is 0 Å². The number of aromatic nitrogens is 4. The Labute approximate surface area is 289 Å². The van der Waals surface area contributed by atoms with Gasteiger partial charge in [0.2, 0.25) is 0 Å². The number of benzene rings is 5. The molecule has 9 aromatic rings. The van der Waals surface area contributed by atoms with Crippen molar-refractivity contribution in [2.24, 2.45) is 0 Å². The minimum absolute atomic E-state index is 0.646. The van der Waals surface area contributed by atoms with Crippen LogP contribution < -0.4 is 0 Å². The summed E-state index contributed by atoms with van der Waals surface area (Å²) in [7, 11) is 0. The van der Waals surface area contributed by atoms with Crippen LogP contribution in [0.1, 0.15) is 5.69 Å². The molecular formula is C45H30N5-. The second-order valence-corrected chi connectivity index (χ2v) is 12.6. The average molecular weight is 641 g/mol. The predicted octanol–water partition coefficient (Wildman–Crippen LogP) is 11.3. The minimum atomic E-state index is 0.646. The van der Waals surface area contributed by atoms with Gasteiger partial charge in [0.1, 0.15) is 0 Å². The summed E-state index contributed by atoms with van der Waals surface area (Å²) in [5, 5.41) is 9.66. The number of nitrogens with zero attached hydrogens (tertiary/aromatic N) is 5. The van der Waals surface area contributed by atoms with Gasteiger partial charge >= 0.3 is 0 Å². The Balaban J connectivity index is 1.17. The van der Waals surface area contributed by atoms with Crippen molar-refractivity contribution in [2.45, 2.75) is 0 Å². The molecule has 10 rings (SSSR count). The Morgan fingerprint density at radius 3 is 1.72 bits per heavy atom. The van der Waals surface area contributed by atoms with Crippen molar-refractivity contribution in [1.29, 1.82) is 0 Å². The van der Waals surface area contributed by atoms with E-state index in [1.165, 1.54) is 43.7 Å². The SMILES string of the molecule is C1=CC[N-]C(c2cc(-n3c4ccccc4c4cc(-c5ccc6c(c5)c5ccccc5n6-c5ccccc5)ccc43)cc(-c3ccccn3)n2)=C1. The third kappa shape index (κ3) is 4.55. The Morgan fingerprint density at radius 1 is 0.480 bits per heavy atom.